The highest BCUT2D eigenvalue weighted by molar-refractivity contribution is 6.18. The number of aromatic hydroxyl groups is 1. The molecule has 122 valence electrons. The summed E-state index contributed by atoms with van der Waals surface area (Å²) in [5, 5.41) is 15.2. The Morgan fingerprint density at radius 3 is 2.83 bits per heavy atom. The lowest BCUT2D eigenvalue weighted by atomic mass is 10.0. The highest BCUT2D eigenvalue weighted by Crippen LogP contribution is 2.34. The Morgan fingerprint density at radius 2 is 2.13 bits per heavy atom. The van der Waals surface area contributed by atoms with Crippen LogP contribution in [-0.2, 0) is 16.1 Å². The summed E-state index contributed by atoms with van der Waals surface area (Å²) >= 11 is 5.62. The molecular weight excluding hydrogens is 322 g/mol. The van der Waals surface area contributed by atoms with Crippen LogP contribution in [0.2, 0.25) is 0 Å². The molecule has 2 heterocycles. The van der Waals surface area contributed by atoms with Crippen LogP contribution in [0.3, 0.4) is 0 Å². The van der Waals surface area contributed by atoms with Gasteiger partial charge in [-0.1, -0.05) is 0 Å². The lowest BCUT2D eigenvalue weighted by Gasteiger charge is -2.29. The Labute approximate surface area is 137 Å². The van der Waals surface area contributed by atoms with Crippen molar-refractivity contribution < 1.29 is 19.5 Å². The second-order valence-electron chi connectivity index (χ2n) is 5.54. The molecule has 3 amide bonds. The quantitative estimate of drug-likeness (QED) is 0.429. The van der Waals surface area contributed by atoms with Crippen LogP contribution in [0.4, 0.5) is 5.69 Å². The lowest BCUT2D eigenvalue weighted by molar-refractivity contribution is -0.136. The molecule has 0 aromatic heterocycles. The van der Waals surface area contributed by atoms with Gasteiger partial charge >= 0.3 is 0 Å². The third-order valence-electron chi connectivity index (χ3n) is 4.05. The Balaban J connectivity index is 1.84. The van der Waals surface area contributed by atoms with Crippen molar-refractivity contribution in [3.8, 4) is 5.75 Å². The summed E-state index contributed by atoms with van der Waals surface area (Å²) in [6.45, 7) is 0.759. The second-order valence-corrected chi connectivity index (χ2v) is 5.92. The zero-order chi connectivity index (χ0) is 16.6. The third-order valence-corrected chi connectivity index (χ3v) is 4.24. The first-order valence-corrected chi connectivity index (χ1v) is 7.85. The van der Waals surface area contributed by atoms with Gasteiger partial charge in [-0.25, -0.2) is 0 Å². The molecule has 1 aromatic rings. The maximum Gasteiger partial charge on any atom is 0.255 e. The zero-order valence-corrected chi connectivity index (χ0v) is 13.0. The SMILES string of the molecule is O=C1CCC(N2Cc3cc(NCCCl)c(O)cc3C2=O)C(=O)N1. The monoisotopic (exact) mass is 337 g/mol. The van der Waals surface area contributed by atoms with Gasteiger partial charge in [0.05, 0.1) is 5.69 Å². The van der Waals surface area contributed by atoms with Crippen LogP contribution >= 0.6 is 11.6 Å². The average molecular weight is 338 g/mol. The smallest absolute Gasteiger partial charge is 0.255 e. The summed E-state index contributed by atoms with van der Waals surface area (Å²) in [5.74, 6) is -0.730. The minimum Gasteiger partial charge on any atom is -0.506 e. The minimum atomic E-state index is -0.658. The number of anilines is 1. The first-order chi connectivity index (χ1) is 11.0. The van der Waals surface area contributed by atoms with Crippen LogP contribution in [0.25, 0.3) is 0 Å². The summed E-state index contributed by atoms with van der Waals surface area (Å²) in [4.78, 5) is 37.1. The summed E-state index contributed by atoms with van der Waals surface area (Å²) in [7, 11) is 0. The molecule has 1 unspecified atom stereocenters. The van der Waals surface area contributed by atoms with Crippen LogP contribution in [0.5, 0.6) is 5.75 Å². The maximum absolute atomic E-state index is 12.5. The van der Waals surface area contributed by atoms with E-state index in [1.165, 1.54) is 11.0 Å². The fourth-order valence-electron chi connectivity index (χ4n) is 2.93. The van der Waals surface area contributed by atoms with Crippen LogP contribution in [0.1, 0.15) is 28.8 Å². The number of phenols is 1. The number of piperidine rings is 1. The van der Waals surface area contributed by atoms with E-state index in [0.29, 0.717) is 30.1 Å². The topological polar surface area (TPSA) is 98.7 Å². The standard InChI is InChI=1S/C15H16ClN3O4/c16-3-4-17-10-5-8-7-19(15(23)9(8)6-12(10)20)11-1-2-13(21)18-14(11)22/h5-6,11,17,20H,1-4,7H2,(H,18,21,22). The lowest BCUT2D eigenvalue weighted by Crippen LogP contribution is -2.52. The first-order valence-electron chi connectivity index (χ1n) is 7.31. The molecule has 3 rings (SSSR count). The Hall–Kier alpha value is -2.28. The molecule has 0 spiro atoms. The molecule has 1 saturated heterocycles. The van der Waals surface area contributed by atoms with Gasteiger partial charge in [-0.05, 0) is 24.1 Å². The van der Waals surface area contributed by atoms with Gasteiger partial charge in [-0.3, -0.25) is 19.7 Å². The fourth-order valence-corrected chi connectivity index (χ4v) is 3.02. The predicted octanol–water partition coefficient (Wildman–Crippen LogP) is 0.804. The van der Waals surface area contributed by atoms with E-state index in [0.717, 1.165) is 5.56 Å². The highest BCUT2D eigenvalue weighted by Gasteiger charge is 2.39. The number of hydrogen-bond acceptors (Lipinski definition) is 5. The number of nitrogens with zero attached hydrogens (tertiary/aromatic N) is 1. The van der Waals surface area contributed by atoms with Gasteiger partial charge in [0.25, 0.3) is 5.91 Å². The molecule has 0 radical (unpaired) electrons. The van der Waals surface area contributed by atoms with Crippen molar-refractivity contribution in [1.82, 2.24) is 10.2 Å². The number of benzene rings is 1. The van der Waals surface area contributed by atoms with Crippen LogP contribution < -0.4 is 10.6 Å². The van der Waals surface area contributed by atoms with E-state index in [-0.39, 0.29) is 30.5 Å². The number of rotatable bonds is 4. The fraction of sp³-hybridized carbons (Fsp3) is 0.400. The van der Waals surface area contributed by atoms with Gasteiger partial charge < -0.3 is 15.3 Å². The highest BCUT2D eigenvalue weighted by atomic mass is 35.5. The second kappa shape index (κ2) is 6.08. The number of phenolic OH excluding ortho intramolecular Hbond substituents is 1. The largest absolute Gasteiger partial charge is 0.506 e. The molecule has 3 N–H and O–H groups in total. The van der Waals surface area contributed by atoms with Crippen molar-refractivity contribution in [2.24, 2.45) is 0 Å². The Kier molecular flexibility index (Phi) is 4.12. The normalized spacial score (nSPS) is 20.5. The number of fused-ring (bicyclic) bond motifs is 1. The van der Waals surface area contributed by atoms with Gasteiger partial charge in [-0.2, -0.15) is 0 Å². The van der Waals surface area contributed by atoms with Gasteiger partial charge in [0.2, 0.25) is 11.8 Å². The number of amides is 3. The molecule has 2 aliphatic heterocycles. The number of nitrogens with one attached hydrogen (secondary N) is 2. The van der Waals surface area contributed by atoms with Crippen LogP contribution in [-0.4, -0.2) is 46.2 Å². The minimum absolute atomic E-state index is 0.0349. The number of hydrogen-bond donors (Lipinski definition) is 3. The van der Waals surface area contributed by atoms with Crippen LogP contribution in [0, 0.1) is 0 Å². The summed E-state index contributed by atoms with van der Waals surface area (Å²) in [6, 6.07) is 2.44. The molecule has 1 atom stereocenters. The van der Waals surface area contributed by atoms with E-state index in [9.17, 15) is 19.5 Å². The van der Waals surface area contributed by atoms with Gasteiger partial charge in [-0.15, -0.1) is 11.6 Å². The van der Waals surface area contributed by atoms with Gasteiger partial charge in [0, 0.05) is 31.0 Å². The predicted molar refractivity (Wildman–Crippen MR) is 83.4 cm³/mol. The molecule has 1 fully saturated rings. The molecule has 1 aromatic carbocycles. The molecule has 0 saturated carbocycles. The number of imide groups is 1. The molecule has 7 nitrogen and oxygen atoms in total. The number of halogens is 1. The van der Waals surface area contributed by atoms with E-state index in [4.69, 9.17) is 11.6 Å². The summed E-state index contributed by atoms with van der Waals surface area (Å²) < 4.78 is 0. The summed E-state index contributed by atoms with van der Waals surface area (Å²) in [5.41, 5.74) is 1.61. The third kappa shape index (κ3) is 2.84. The van der Waals surface area contributed by atoms with Crippen molar-refractivity contribution >= 4 is 35.0 Å². The van der Waals surface area contributed by atoms with Crippen molar-refractivity contribution in [1.29, 1.82) is 0 Å². The molecule has 8 heteroatoms. The maximum atomic E-state index is 12.5. The summed E-state index contributed by atoms with van der Waals surface area (Å²) in [6.07, 6.45) is 0.526. The Morgan fingerprint density at radius 1 is 1.35 bits per heavy atom. The molecule has 2 aliphatic rings. The van der Waals surface area contributed by atoms with Crippen molar-refractivity contribution in [2.45, 2.75) is 25.4 Å². The van der Waals surface area contributed by atoms with E-state index in [1.807, 2.05) is 0 Å². The van der Waals surface area contributed by atoms with E-state index >= 15 is 0 Å². The van der Waals surface area contributed by atoms with Gasteiger partial charge in [0.15, 0.2) is 0 Å². The van der Waals surface area contributed by atoms with Crippen molar-refractivity contribution in [2.75, 3.05) is 17.7 Å². The van der Waals surface area contributed by atoms with Gasteiger partial charge in [0.1, 0.15) is 11.8 Å². The Bertz CT molecular complexity index is 692. The van der Waals surface area contributed by atoms with E-state index in [1.54, 1.807) is 6.07 Å². The van der Waals surface area contributed by atoms with Crippen molar-refractivity contribution in [3.63, 3.8) is 0 Å². The van der Waals surface area contributed by atoms with Crippen LogP contribution in [0.15, 0.2) is 12.1 Å². The number of carbonyl (C=O) groups is 3. The molecular formula is C15H16ClN3O4. The molecule has 0 aliphatic carbocycles. The molecule has 23 heavy (non-hydrogen) atoms. The number of alkyl halides is 1. The van der Waals surface area contributed by atoms with E-state index in [2.05, 4.69) is 10.6 Å². The van der Waals surface area contributed by atoms with Crippen molar-refractivity contribution in [3.05, 3.63) is 23.3 Å². The zero-order valence-electron chi connectivity index (χ0n) is 12.3. The van der Waals surface area contributed by atoms with E-state index < -0.39 is 11.9 Å². The average Bonchev–Trinajstić information content (AvgIpc) is 2.81. The molecule has 0 bridgehead atoms. The number of carbonyl (C=O) groups excluding carboxylic acids is 3. The first kappa shape index (κ1) is 15.6.